The minimum atomic E-state index is 0.314. The van der Waals surface area contributed by atoms with Gasteiger partial charge in [0.2, 0.25) is 0 Å². The molecule has 0 aromatic heterocycles. The number of rotatable bonds is 5. The van der Waals surface area contributed by atoms with Crippen LogP contribution in [-0.2, 0) is 0 Å². The van der Waals surface area contributed by atoms with Crippen LogP contribution >= 0.6 is 0 Å². The van der Waals surface area contributed by atoms with Crippen molar-refractivity contribution in [3.63, 3.8) is 0 Å². The molecule has 1 unspecified atom stereocenters. The molecule has 1 aromatic carbocycles. The normalized spacial score (nSPS) is 18.0. The Labute approximate surface area is 134 Å². The van der Waals surface area contributed by atoms with Crippen molar-refractivity contribution in [2.45, 2.75) is 33.2 Å². The van der Waals surface area contributed by atoms with E-state index >= 15 is 0 Å². The van der Waals surface area contributed by atoms with E-state index in [1.54, 1.807) is 0 Å². The van der Waals surface area contributed by atoms with E-state index in [0.717, 1.165) is 12.1 Å². The van der Waals surface area contributed by atoms with Gasteiger partial charge in [-0.25, -0.2) is 0 Å². The second-order valence-corrected chi connectivity index (χ2v) is 5.69. The number of benzene rings is 1. The molecule has 1 aliphatic rings. The molecule has 0 saturated carbocycles. The van der Waals surface area contributed by atoms with Crippen LogP contribution in [0.25, 0.3) is 0 Å². The number of allylic oxidation sites excluding steroid dienone is 6. The van der Waals surface area contributed by atoms with Gasteiger partial charge in [0.1, 0.15) is 0 Å². The van der Waals surface area contributed by atoms with Crippen molar-refractivity contribution in [3.8, 4) is 0 Å². The van der Waals surface area contributed by atoms with E-state index < -0.39 is 0 Å². The van der Waals surface area contributed by atoms with E-state index in [2.05, 4.69) is 73.9 Å². The van der Waals surface area contributed by atoms with Gasteiger partial charge in [0.25, 0.3) is 0 Å². The molecule has 114 valence electrons. The third kappa shape index (κ3) is 4.11. The third-order valence-electron chi connectivity index (χ3n) is 3.81. The van der Waals surface area contributed by atoms with E-state index in [-0.39, 0.29) is 0 Å². The van der Waals surface area contributed by atoms with Crippen LogP contribution in [0.15, 0.2) is 84.6 Å². The van der Waals surface area contributed by atoms with Gasteiger partial charge in [0.05, 0.1) is 6.04 Å². The average molecular weight is 291 g/mol. The number of nitrogens with zero attached hydrogens (tertiary/aromatic N) is 1. The van der Waals surface area contributed by atoms with Gasteiger partial charge in [-0.15, -0.1) is 0 Å². The first-order chi connectivity index (χ1) is 10.6. The van der Waals surface area contributed by atoms with Crippen LogP contribution in [0.5, 0.6) is 0 Å². The monoisotopic (exact) mass is 291 g/mol. The zero-order valence-electron chi connectivity index (χ0n) is 13.8. The predicted molar refractivity (Wildman–Crippen MR) is 98.1 cm³/mol. The lowest BCUT2D eigenvalue weighted by Crippen LogP contribution is -2.32. The van der Waals surface area contributed by atoms with Crippen LogP contribution in [0.4, 0.5) is 5.69 Å². The van der Waals surface area contributed by atoms with Crippen molar-refractivity contribution >= 4 is 5.69 Å². The van der Waals surface area contributed by atoms with Gasteiger partial charge in [-0.3, -0.25) is 0 Å². The molecule has 0 bridgehead atoms. The summed E-state index contributed by atoms with van der Waals surface area (Å²) in [5.41, 5.74) is 4.79. The molecular formula is C21H25N. The van der Waals surface area contributed by atoms with E-state index in [1.807, 2.05) is 25.2 Å². The van der Waals surface area contributed by atoms with Crippen molar-refractivity contribution in [3.05, 3.63) is 90.2 Å². The van der Waals surface area contributed by atoms with Crippen molar-refractivity contribution in [2.75, 3.05) is 4.90 Å². The molecule has 2 rings (SSSR count). The van der Waals surface area contributed by atoms with Gasteiger partial charge in [0, 0.05) is 11.4 Å². The Balaban J connectivity index is 2.30. The average Bonchev–Trinajstić information content (AvgIpc) is 2.52. The fourth-order valence-electron chi connectivity index (χ4n) is 2.54. The first-order valence-electron chi connectivity index (χ1n) is 7.81. The molecule has 0 fully saturated rings. The van der Waals surface area contributed by atoms with Gasteiger partial charge in [-0.05, 0) is 45.4 Å². The summed E-state index contributed by atoms with van der Waals surface area (Å²) in [6.07, 6.45) is 15.9. The van der Waals surface area contributed by atoms with E-state index in [1.165, 1.54) is 16.8 Å². The largest absolute Gasteiger partial charge is 0.335 e. The first kappa shape index (κ1) is 16.1. The van der Waals surface area contributed by atoms with Crippen LogP contribution in [0.3, 0.4) is 0 Å². The van der Waals surface area contributed by atoms with E-state index in [9.17, 15) is 0 Å². The Kier molecular flexibility index (Phi) is 5.60. The highest BCUT2D eigenvalue weighted by atomic mass is 15.2. The molecule has 0 saturated heterocycles. The maximum Gasteiger partial charge on any atom is 0.0559 e. The zero-order valence-corrected chi connectivity index (χ0v) is 13.8. The Morgan fingerprint density at radius 2 is 1.91 bits per heavy atom. The second kappa shape index (κ2) is 7.65. The number of hydrogen-bond acceptors (Lipinski definition) is 1. The van der Waals surface area contributed by atoms with Crippen LogP contribution in [0, 0.1) is 6.92 Å². The molecule has 1 heteroatoms. The molecule has 1 atom stereocenters. The summed E-state index contributed by atoms with van der Waals surface area (Å²) < 4.78 is 0. The summed E-state index contributed by atoms with van der Waals surface area (Å²) in [4.78, 5) is 2.30. The van der Waals surface area contributed by atoms with Gasteiger partial charge in [-0.2, -0.15) is 0 Å². The summed E-state index contributed by atoms with van der Waals surface area (Å²) in [5.74, 6) is 0. The quantitative estimate of drug-likeness (QED) is 0.627. The summed E-state index contributed by atoms with van der Waals surface area (Å²) in [6, 6.07) is 8.96. The highest BCUT2D eigenvalue weighted by molar-refractivity contribution is 5.57. The number of hydrogen-bond donors (Lipinski definition) is 0. The Morgan fingerprint density at radius 3 is 2.50 bits per heavy atom. The summed E-state index contributed by atoms with van der Waals surface area (Å²) in [6.45, 7) is 10.5. The highest BCUT2D eigenvalue weighted by Gasteiger charge is 2.19. The summed E-state index contributed by atoms with van der Waals surface area (Å²) in [5, 5.41) is 0. The standard InChI is InChI=1S/C21H25N/c1-5-6-7-8-19(4)22(20-13-9-17(2)10-14-20)21-15-11-18(3)12-16-21/h5-15,21H,4,16H2,1-3H3/b6-5-,8-7-. The summed E-state index contributed by atoms with van der Waals surface area (Å²) >= 11 is 0. The molecule has 0 heterocycles. The maximum atomic E-state index is 4.27. The Bertz CT molecular complexity index is 626. The van der Waals surface area contributed by atoms with Crippen molar-refractivity contribution in [2.24, 2.45) is 0 Å². The van der Waals surface area contributed by atoms with Gasteiger partial charge in [0.15, 0.2) is 0 Å². The molecule has 1 nitrogen and oxygen atoms in total. The lowest BCUT2D eigenvalue weighted by Gasteiger charge is -2.33. The molecule has 0 N–H and O–H groups in total. The fourth-order valence-corrected chi connectivity index (χ4v) is 2.54. The smallest absolute Gasteiger partial charge is 0.0559 e. The molecule has 22 heavy (non-hydrogen) atoms. The van der Waals surface area contributed by atoms with Gasteiger partial charge >= 0.3 is 0 Å². The van der Waals surface area contributed by atoms with Crippen molar-refractivity contribution in [1.82, 2.24) is 0 Å². The minimum Gasteiger partial charge on any atom is -0.335 e. The van der Waals surface area contributed by atoms with Gasteiger partial charge in [-0.1, -0.05) is 66.3 Å². The van der Waals surface area contributed by atoms with Crippen LogP contribution in [0.2, 0.25) is 0 Å². The van der Waals surface area contributed by atoms with E-state index in [4.69, 9.17) is 0 Å². The molecule has 0 spiro atoms. The third-order valence-corrected chi connectivity index (χ3v) is 3.81. The highest BCUT2D eigenvalue weighted by Crippen LogP contribution is 2.27. The van der Waals surface area contributed by atoms with Crippen molar-refractivity contribution < 1.29 is 0 Å². The van der Waals surface area contributed by atoms with Gasteiger partial charge < -0.3 is 4.90 Å². The van der Waals surface area contributed by atoms with E-state index in [0.29, 0.717) is 6.04 Å². The van der Waals surface area contributed by atoms with Crippen LogP contribution in [-0.4, -0.2) is 6.04 Å². The Morgan fingerprint density at radius 1 is 1.18 bits per heavy atom. The predicted octanol–water partition coefficient (Wildman–Crippen LogP) is 5.72. The molecule has 0 radical (unpaired) electrons. The van der Waals surface area contributed by atoms with Crippen LogP contribution < -0.4 is 4.90 Å². The number of aryl methyl sites for hydroxylation is 1. The Hall–Kier alpha value is -2.28. The van der Waals surface area contributed by atoms with Crippen LogP contribution in [0.1, 0.15) is 25.8 Å². The SMILES string of the molecule is C=C(/C=C\C=C/C)N(c1ccc(C)cc1)C1C=CC(C)=CC1. The number of anilines is 1. The lowest BCUT2D eigenvalue weighted by molar-refractivity contribution is 0.759. The lowest BCUT2D eigenvalue weighted by atomic mass is 10.0. The molecule has 1 aromatic rings. The second-order valence-electron chi connectivity index (χ2n) is 5.69. The molecule has 1 aliphatic carbocycles. The summed E-state index contributed by atoms with van der Waals surface area (Å²) in [7, 11) is 0. The fraction of sp³-hybridized carbons (Fsp3) is 0.238. The minimum absolute atomic E-state index is 0.314. The maximum absolute atomic E-state index is 4.27. The molecular weight excluding hydrogens is 266 g/mol. The van der Waals surface area contributed by atoms with Crippen molar-refractivity contribution in [1.29, 1.82) is 0 Å². The first-order valence-corrected chi connectivity index (χ1v) is 7.81. The molecule has 0 amide bonds. The topological polar surface area (TPSA) is 3.24 Å². The zero-order chi connectivity index (χ0) is 15.9. The molecule has 0 aliphatic heterocycles.